The lowest BCUT2D eigenvalue weighted by Crippen LogP contribution is -2.38. The lowest BCUT2D eigenvalue weighted by atomic mass is 10.1. The molecule has 4 heteroatoms. The summed E-state index contributed by atoms with van der Waals surface area (Å²) in [7, 11) is -0.528. The van der Waals surface area contributed by atoms with Gasteiger partial charge in [-0.2, -0.15) is 0 Å². The monoisotopic (exact) mass is 274 g/mol. The normalized spacial score (nSPS) is 18.6. The van der Waals surface area contributed by atoms with E-state index in [4.69, 9.17) is 0 Å². The Kier molecular flexibility index (Phi) is 8.90. The summed E-state index contributed by atoms with van der Waals surface area (Å²) >= 11 is 0. The van der Waals surface area contributed by atoms with E-state index in [1.54, 1.807) is 0 Å². The first-order chi connectivity index (χ1) is 8.68. The van der Waals surface area contributed by atoms with Crippen molar-refractivity contribution in [1.29, 1.82) is 0 Å². The van der Waals surface area contributed by atoms with E-state index in [0.717, 1.165) is 37.1 Å². The minimum absolute atomic E-state index is 0.528. The molecule has 1 heterocycles. The van der Waals surface area contributed by atoms with Crippen molar-refractivity contribution in [2.75, 3.05) is 44.2 Å². The molecular formula is C14H30N2OS. The van der Waals surface area contributed by atoms with Gasteiger partial charge in [0, 0.05) is 35.4 Å². The van der Waals surface area contributed by atoms with Gasteiger partial charge in [-0.25, -0.2) is 0 Å². The zero-order valence-electron chi connectivity index (χ0n) is 12.1. The number of rotatable bonds is 9. The molecule has 0 aromatic carbocycles. The largest absolute Gasteiger partial charge is 0.316 e. The van der Waals surface area contributed by atoms with E-state index in [1.807, 2.05) is 0 Å². The van der Waals surface area contributed by atoms with Crippen LogP contribution in [-0.4, -0.2) is 53.3 Å². The highest BCUT2D eigenvalue weighted by Crippen LogP contribution is 2.05. The van der Waals surface area contributed by atoms with Crippen LogP contribution < -0.4 is 5.32 Å². The Morgan fingerprint density at radius 2 is 1.78 bits per heavy atom. The zero-order chi connectivity index (χ0) is 13.2. The van der Waals surface area contributed by atoms with Gasteiger partial charge in [0.15, 0.2) is 0 Å². The average Bonchev–Trinajstić information content (AvgIpc) is 2.34. The maximum atomic E-state index is 11.2. The van der Waals surface area contributed by atoms with Crippen LogP contribution in [0, 0.1) is 5.92 Å². The van der Waals surface area contributed by atoms with Gasteiger partial charge in [0.05, 0.1) is 0 Å². The predicted molar refractivity (Wildman–Crippen MR) is 80.5 cm³/mol. The summed E-state index contributed by atoms with van der Waals surface area (Å²) in [6.07, 6.45) is 5.28. The van der Waals surface area contributed by atoms with Crippen LogP contribution in [0.4, 0.5) is 0 Å². The molecule has 0 saturated carbocycles. The quantitative estimate of drug-likeness (QED) is 0.651. The van der Waals surface area contributed by atoms with Crippen LogP contribution in [0.25, 0.3) is 0 Å². The van der Waals surface area contributed by atoms with Gasteiger partial charge in [0.25, 0.3) is 0 Å². The van der Waals surface area contributed by atoms with Gasteiger partial charge in [0.2, 0.25) is 0 Å². The molecule has 0 aliphatic carbocycles. The van der Waals surface area contributed by atoms with Crippen LogP contribution in [0.1, 0.15) is 39.5 Å². The van der Waals surface area contributed by atoms with E-state index in [2.05, 4.69) is 24.1 Å². The van der Waals surface area contributed by atoms with E-state index in [-0.39, 0.29) is 0 Å². The van der Waals surface area contributed by atoms with Gasteiger partial charge in [-0.05, 0) is 38.4 Å². The van der Waals surface area contributed by atoms with Crippen molar-refractivity contribution in [3.8, 4) is 0 Å². The summed E-state index contributed by atoms with van der Waals surface area (Å²) in [6, 6.07) is 0. The lowest BCUT2D eigenvalue weighted by Gasteiger charge is -2.25. The molecule has 0 amide bonds. The first-order valence-electron chi connectivity index (χ1n) is 7.46. The average molecular weight is 274 g/mol. The Morgan fingerprint density at radius 1 is 1.11 bits per heavy atom. The van der Waals surface area contributed by atoms with Crippen molar-refractivity contribution < 1.29 is 4.21 Å². The Hall–Kier alpha value is 0.0700. The maximum Gasteiger partial charge on any atom is 0.0363 e. The van der Waals surface area contributed by atoms with E-state index in [9.17, 15) is 4.21 Å². The van der Waals surface area contributed by atoms with Crippen molar-refractivity contribution in [2.45, 2.75) is 39.5 Å². The van der Waals surface area contributed by atoms with Crippen LogP contribution in [0.5, 0.6) is 0 Å². The number of nitrogens with one attached hydrogen (secondary N) is 1. The fourth-order valence-corrected chi connectivity index (χ4v) is 3.36. The molecule has 0 aromatic heterocycles. The summed E-state index contributed by atoms with van der Waals surface area (Å²) in [5, 5.41) is 3.49. The number of unbranched alkanes of at least 4 members (excludes halogenated alkanes) is 3. The summed E-state index contributed by atoms with van der Waals surface area (Å²) in [6.45, 7) is 10.1. The minimum atomic E-state index is -0.528. The Morgan fingerprint density at radius 3 is 2.44 bits per heavy atom. The lowest BCUT2D eigenvalue weighted by molar-refractivity contribution is 0.291. The minimum Gasteiger partial charge on any atom is -0.316 e. The highest BCUT2D eigenvalue weighted by Gasteiger charge is 2.13. The third kappa shape index (κ3) is 8.22. The Bertz CT molecular complexity index is 224. The number of hydrogen-bond donors (Lipinski definition) is 1. The smallest absolute Gasteiger partial charge is 0.0363 e. The van der Waals surface area contributed by atoms with Crippen LogP contribution in [-0.2, 0) is 10.8 Å². The number of hydrogen-bond acceptors (Lipinski definition) is 3. The molecule has 1 N–H and O–H groups in total. The second-order valence-corrected chi connectivity index (χ2v) is 7.40. The Labute approximate surface area is 115 Å². The molecular weight excluding hydrogens is 244 g/mol. The van der Waals surface area contributed by atoms with Gasteiger partial charge < -0.3 is 10.2 Å². The molecule has 0 radical (unpaired) electrons. The second-order valence-electron chi connectivity index (χ2n) is 5.70. The molecule has 1 saturated heterocycles. The van der Waals surface area contributed by atoms with Crippen LogP contribution in [0.3, 0.4) is 0 Å². The second kappa shape index (κ2) is 9.93. The summed E-state index contributed by atoms with van der Waals surface area (Å²) in [5.74, 6) is 2.53. The standard InChI is InChI=1S/C14H30N2OS/c1-14(2)13-15-7-5-3-4-6-8-16-9-11-18(17)12-10-16/h14-15H,3-13H2,1-2H3. The highest BCUT2D eigenvalue weighted by molar-refractivity contribution is 7.85. The molecule has 0 unspecified atom stereocenters. The van der Waals surface area contributed by atoms with Crippen molar-refractivity contribution in [3.63, 3.8) is 0 Å². The number of nitrogens with zero attached hydrogens (tertiary/aromatic N) is 1. The maximum absolute atomic E-state index is 11.2. The summed E-state index contributed by atoms with van der Waals surface area (Å²) < 4.78 is 11.2. The molecule has 1 aliphatic heterocycles. The zero-order valence-corrected chi connectivity index (χ0v) is 12.9. The molecule has 1 fully saturated rings. The van der Waals surface area contributed by atoms with Gasteiger partial charge in [-0.15, -0.1) is 0 Å². The van der Waals surface area contributed by atoms with E-state index in [0.29, 0.717) is 0 Å². The van der Waals surface area contributed by atoms with Crippen molar-refractivity contribution in [3.05, 3.63) is 0 Å². The van der Waals surface area contributed by atoms with Crippen LogP contribution in [0.2, 0.25) is 0 Å². The van der Waals surface area contributed by atoms with E-state index in [1.165, 1.54) is 38.8 Å². The van der Waals surface area contributed by atoms with E-state index < -0.39 is 10.8 Å². The molecule has 0 bridgehead atoms. The first kappa shape index (κ1) is 16.1. The van der Waals surface area contributed by atoms with Gasteiger partial charge >= 0.3 is 0 Å². The molecule has 1 rings (SSSR count). The van der Waals surface area contributed by atoms with Gasteiger partial charge in [-0.1, -0.05) is 26.7 Å². The fourth-order valence-electron chi connectivity index (χ4n) is 2.23. The summed E-state index contributed by atoms with van der Waals surface area (Å²) in [4.78, 5) is 2.47. The first-order valence-corrected chi connectivity index (χ1v) is 8.95. The van der Waals surface area contributed by atoms with E-state index >= 15 is 0 Å². The molecule has 0 atom stereocenters. The highest BCUT2D eigenvalue weighted by atomic mass is 32.2. The van der Waals surface area contributed by atoms with Gasteiger partial charge in [-0.3, -0.25) is 4.21 Å². The van der Waals surface area contributed by atoms with Crippen LogP contribution >= 0.6 is 0 Å². The fraction of sp³-hybridized carbons (Fsp3) is 1.00. The third-order valence-corrected chi connectivity index (χ3v) is 4.68. The van der Waals surface area contributed by atoms with Crippen molar-refractivity contribution in [1.82, 2.24) is 10.2 Å². The topological polar surface area (TPSA) is 32.3 Å². The molecule has 0 aromatic rings. The summed E-state index contributed by atoms with van der Waals surface area (Å²) in [5.41, 5.74) is 0. The molecule has 18 heavy (non-hydrogen) atoms. The molecule has 0 spiro atoms. The third-order valence-electron chi connectivity index (χ3n) is 3.40. The van der Waals surface area contributed by atoms with Crippen LogP contribution in [0.15, 0.2) is 0 Å². The molecule has 1 aliphatic rings. The predicted octanol–water partition coefficient (Wildman–Crippen LogP) is 1.86. The van der Waals surface area contributed by atoms with Crippen molar-refractivity contribution >= 4 is 10.8 Å². The molecule has 3 nitrogen and oxygen atoms in total. The SMILES string of the molecule is CC(C)CNCCCCCCN1CCS(=O)CC1. The van der Waals surface area contributed by atoms with Crippen molar-refractivity contribution in [2.24, 2.45) is 5.92 Å². The van der Waals surface area contributed by atoms with Gasteiger partial charge in [0.1, 0.15) is 0 Å². The Balaban J connectivity index is 1.82. The molecule has 108 valence electrons.